The van der Waals surface area contributed by atoms with Gasteiger partial charge in [0.2, 0.25) is 5.91 Å². The molecule has 1 amide bonds. The Morgan fingerprint density at radius 1 is 0.394 bits per heavy atom. The molecule has 7 nitrogen and oxygen atoms in total. The number of allylic oxidation sites excluding steroid dienone is 2. The summed E-state index contributed by atoms with van der Waals surface area (Å²) in [6.45, 7) is 23.1. The highest BCUT2D eigenvalue weighted by Crippen LogP contribution is 2.21. The van der Waals surface area contributed by atoms with Gasteiger partial charge in [-0.15, -0.1) is 0 Å². The van der Waals surface area contributed by atoms with Gasteiger partial charge in [0.05, 0.1) is 11.8 Å². The Hall–Kier alpha value is -2.15. The molecule has 0 heterocycles. The van der Waals surface area contributed by atoms with Gasteiger partial charge in [0.1, 0.15) is 13.2 Å². The molecular weight excluding hydrogens is 817 g/mol. The number of carbonyl (C=O) groups is 3. The van der Waals surface area contributed by atoms with E-state index in [9.17, 15) is 14.4 Å². The molecule has 0 bridgehead atoms. The van der Waals surface area contributed by atoms with E-state index >= 15 is 0 Å². The SMILES string of the molecule is CCCCCCC(=CCOC(=O)C(C)CCCCCCCCN(CCCCCCCC(C)C(=O)OCC=C(CCCCCC)CCCCCC)C(=O)CCCN(CC)CC)CCCCCC. The molecule has 388 valence electrons. The van der Waals surface area contributed by atoms with Crippen molar-refractivity contribution in [3.8, 4) is 0 Å². The minimum absolute atomic E-state index is 0.0506. The first-order chi connectivity index (χ1) is 32.2. The molecule has 0 rings (SSSR count). The van der Waals surface area contributed by atoms with E-state index in [0.717, 1.165) is 135 Å². The van der Waals surface area contributed by atoms with E-state index in [1.807, 2.05) is 13.8 Å². The van der Waals surface area contributed by atoms with Gasteiger partial charge in [0, 0.05) is 19.5 Å². The highest BCUT2D eigenvalue weighted by atomic mass is 16.5. The Morgan fingerprint density at radius 2 is 0.727 bits per heavy atom. The molecule has 2 atom stereocenters. The van der Waals surface area contributed by atoms with Gasteiger partial charge >= 0.3 is 11.9 Å². The van der Waals surface area contributed by atoms with Crippen LogP contribution < -0.4 is 0 Å². The summed E-state index contributed by atoms with van der Waals surface area (Å²) < 4.78 is 11.5. The molecule has 0 aliphatic carbocycles. The van der Waals surface area contributed by atoms with Crippen molar-refractivity contribution in [2.45, 2.75) is 280 Å². The predicted molar refractivity (Wildman–Crippen MR) is 285 cm³/mol. The molecule has 0 aromatic rings. The third kappa shape index (κ3) is 38.8. The van der Waals surface area contributed by atoms with Gasteiger partial charge in [-0.05, 0) is 115 Å². The summed E-state index contributed by atoms with van der Waals surface area (Å²) in [5.74, 6) is 0.0949. The molecule has 0 aliphatic heterocycles. The summed E-state index contributed by atoms with van der Waals surface area (Å²) in [4.78, 5) is 43.6. The minimum Gasteiger partial charge on any atom is -0.461 e. The number of nitrogens with zero attached hydrogens (tertiary/aromatic N) is 2. The van der Waals surface area contributed by atoms with E-state index in [2.05, 4.69) is 63.5 Å². The van der Waals surface area contributed by atoms with Crippen molar-refractivity contribution in [3.63, 3.8) is 0 Å². The van der Waals surface area contributed by atoms with Crippen LogP contribution >= 0.6 is 0 Å². The van der Waals surface area contributed by atoms with E-state index in [1.165, 1.54) is 127 Å². The molecule has 0 saturated carbocycles. The number of amides is 1. The lowest BCUT2D eigenvalue weighted by Gasteiger charge is -2.24. The number of ether oxygens (including phenoxy) is 2. The number of carbonyl (C=O) groups excluding carboxylic acids is 3. The van der Waals surface area contributed by atoms with Crippen LogP contribution in [0, 0.1) is 11.8 Å². The highest BCUT2D eigenvalue weighted by molar-refractivity contribution is 5.76. The zero-order valence-electron chi connectivity index (χ0n) is 45.4. The first-order valence-electron chi connectivity index (χ1n) is 28.9. The van der Waals surface area contributed by atoms with Crippen molar-refractivity contribution in [3.05, 3.63) is 23.3 Å². The van der Waals surface area contributed by atoms with Crippen LogP contribution in [0.3, 0.4) is 0 Å². The maximum absolute atomic E-state index is 13.4. The second-order valence-electron chi connectivity index (χ2n) is 20.0. The summed E-state index contributed by atoms with van der Waals surface area (Å²) in [5.41, 5.74) is 2.96. The van der Waals surface area contributed by atoms with Gasteiger partial charge in [0.15, 0.2) is 0 Å². The number of hydrogen-bond acceptors (Lipinski definition) is 6. The molecule has 0 spiro atoms. The molecule has 0 radical (unpaired) electrons. The molecule has 2 unspecified atom stereocenters. The van der Waals surface area contributed by atoms with Gasteiger partial charge in [0.25, 0.3) is 0 Å². The Kier molecular flexibility index (Phi) is 46.3. The molecule has 0 aromatic heterocycles. The van der Waals surface area contributed by atoms with Gasteiger partial charge in [-0.2, -0.15) is 0 Å². The average molecular weight is 930 g/mol. The lowest BCUT2D eigenvalue weighted by molar-refractivity contribution is -0.147. The lowest BCUT2D eigenvalue weighted by atomic mass is 10.00. The zero-order valence-corrected chi connectivity index (χ0v) is 45.4. The minimum atomic E-state index is -0.0616. The van der Waals surface area contributed by atoms with Crippen molar-refractivity contribution in [2.24, 2.45) is 11.8 Å². The topological polar surface area (TPSA) is 76.1 Å². The number of esters is 2. The lowest BCUT2D eigenvalue weighted by Crippen LogP contribution is -2.33. The van der Waals surface area contributed by atoms with Gasteiger partial charge < -0.3 is 19.3 Å². The first-order valence-corrected chi connectivity index (χ1v) is 28.9. The van der Waals surface area contributed by atoms with Crippen LogP contribution in [-0.4, -0.2) is 73.6 Å². The van der Waals surface area contributed by atoms with E-state index in [1.54, 1.807) is 0 Å². The van der Waals surface area contributed by atoms with Crippen LogP contribution in [0.2, 0.25) is 0 Å². The second-order valence-corrected chi connectivity index (χ2v) is 20.0. The van der Waals surface area contributed by atoms with Crippen LogP contribution in [-0.2, 0) is 23.9 Å². The third-order valence-corrected chi connectivity index (χ3v) is 13.9. The fourth-order valence-corrected chi connectivity index (χ4v) is 9.03. The van der Waals surface area contributed by atoms with E-state index in [0.29, 0.717) is 25.5 Å². The van der Waals surface area contributed by atoms with Crippen molar-refractivity contribution >= 4 is 17.8 Å². The second kappa shape index (κ2) is 47.9. The van der Waals surface area contributed by atoms with Crippen molar-refractivity contribution < 1.29 is 23.9 Å². The van der Waals surface area contributed by atoms with Crippen LogP contribution in [0.1, 0.15) is 280 Å². The fourth-order valence-electron chi connectivity index (χ4n) is 9.03. The maximum Gasteiger partial charge on any atom is 0.308 e. The molecule has 0 N–H and O–H groups in total. The van der Waals surface area contributed by atoms with Crippen LogP contribution in [0.15, 0.2) is 23.3 Å². The van der Waals surface area contributed by atoms with E-state index in [4.69, 9.17) is 9.47 Å². The smallest absolute Gasteiger partial charge is 0.308 e. The van der Waals surface area contributed by atoms with Crippen LogP contribution in [0.4, 0.5) is 0 Å². The monoisotopic (exact) mass is 929 g/mol. The standard InChI is InChI=1S/C59H112N2O5/c1-9-15-19-32-41-55(42-33-20-16-10-2)46-51-65-58(63)53(7)39-30-26-23-24-28-36-49-61(57(62)45-38-48-60(13-5)14-6)50-37-29-25-27-31-40-54(8)59(64)66-52-47-56(43-34-21-17-11-3)44-35-22-18-12-4/h46-47,53-54H,9-45,48-52H2,1-8H3. The first kappa shape index (κ1) is 63.8. The van der Waals surface area contributed by atoms with Gasteiger partial charge in [-0.25, -0.2) is 0 Å². The Morgan fingerprint density at radius 3 is 1.08 bits per heavy atom. The molecule has 66 heavy (non-hydrogen) atoms. The largest absolute Gasteiger partial charge is 0.461 e. The Balaban J connectivity index is 4.63. The Bertz CT molecular complexity index is 1150. The molecule has 0 aliphatic rings. The fraction of sp³-hybridized carbons (Fsp3) is 0.881. The molecule has 7 heteroatoms. The zero-order chi connectivity index (χ0) is 48.7. The summed E-state index contributed by atoms with van der Waals surface area (Å²) in [7, 11) is 0. The maximum atomic E-state index is 13.4. The van der Waals surface area contributed by atoms with Gasteiger partial charge in [-0.1, -0.05) is 201 Å². The van der Waals surface area contributed by atoms with E-state index < -0.39 is 0 Å². The van der Waals surface area contributed by atoms with Crippen molar-refractivity contribution in [1.29, 1.82) is 0 Å². The number of hydrogen-bond donors (Lipinski definition) is 0. The highest BCUT2D eigenvalue weighted by Gasteiger charge is 2.16. The molecular formula is C59H112N2O5. The van der Waals surface area contributed by atoms with Crippen LogP contribution in [0.25, 0.3) is 0 Å². The molecule has 0 saturated heterocycles. The number of rotatable bonds is 49. The van der Waals surface area contributed by atoms with Crippen molar-refractivity contribution in [1.82, 2.24) is 9.80 Å². The third-order valence-electron chi connectivity index (χ3n) is 13.9. The quantitative estimate of drug-likeness (QED) is 0.0344. The molecule has 0 fully saturated rings. The van der Waals surface area contributed by atoms with Crippen molar-refractivity contribution in [2.75, 3.05) is 45.9 Å². The van der Waals surface area contributed by atoms with Gasteiger partial charge in [-0.3, -0.25) is 14.4 Å². The number of unbranched alkanes of at least 4 members (excludes halogenated alkanes) is 21. The summed E-state index contributed by atoms with van der Waals surface area (Å²) in [6, 6.07) is 0. The molecule has 0 aromatic carbocycles. The summed E-state index contributed by atoms with van der Waals surface area (Å²) >= 11 is 0. The summed E-state index contributed by atoms with van der Waals surface area (Å²) in [5, 5.41) is 0. The predicted octanol–water partition coefficient (Wildman–Crippen LogP) is 17.1. The Labute approximate surface area is 411 Å². The van der Waals surface area contributed by atoms with Crippen LogP contribution in [0.5, 0.6) is 0 Å². The average Bonchev–Trinajstić information content (AvgIpc) is 3.32. The van der Waals surface area contributed by atoms with E-state index in [-0.39, 0.29) is 23.8 Å². The summed E-state index contributed by atoms with van der Waals surface area (Å²) in [6.07, 6.45) is 44.9. The normalized spacial score (nSPS) is 12.3.